The van der Waals surface area contributed by atoms with Gasteiger partial charge in [0, 0.05) is 38.5 Å². The van der Waals surface area contributed by atoms with Crippen molar-refractivity contribution in [3.8, 4) is 11.5 Å². The van der Waals surface area contributed by atoms with E-state index in [0.717, 1.165) is 39.3 Å². The number of benzene rings is 2. The van der Waals surface area contributed by atoms with E-state index < -0.39 is 0 Å². The molecule has 1 heterocycles. The smallest absolute Gasteiger partial charge is 0.305 e. The lowest BCUT2D eigenvalue weighted by Gasteiger charge is -2.32. The lowest BCUT2D eigenvalue weighted by molar-refractivity contribution is -0.140. The van der Waals surface area contributed by atoms with Crippen LogP contribution in [-0.4, -0.2) is 34.7 Å². The third-order valence-corrected chi connectivity index (χ3v) is 10.4. The van der Waals surface area contributed by atoms with E-state index in [0.29, 0.717) is 18.6 Å². The summed E-state index contributed by atoms with van der Waals surface area (Å²) in [5.74, 6) is 1.13. The Morgan fingerprint density at radius 1 is 0.733 bits per heavy atom. The molecule has 0 saturated carbocycles. The van der Waals surface area contributed by atoms with Crippen LogP contribution >= 0.6 is 23.5 Å². The zero-order valence-electron chi connectivity index (χ0n) is 30.5. The van der Waals surface area contributed by atoms with Gasteiger partial charge in [-0.1, -0.05) is 83.1 Å². The van der Waals surface area contributed by atoms with Crippen LogP contribution in [-0.2, 0) is 35.9 Å². The van der Waals surface area contributed by atoms with Gasteiger partial charge >= 0.3 is 5.97 Å². The first-order valence-electron chi connectivity index (χ1n) is 16.2. The number of phenols is 1. The number of rotatable bonds is 10. The van der Waals surface area contributed by atoms with Gasteiger partial charge in [0.2, 0.25) is 6.29 Å². The summed E-state index contributed by atoms with van der Waals surface area (Å²) < 4.78 is 17.1. The first-order valence-corrected chi connectivity index (χ1v) is 17.8. The Hall–Kier alpha value is -1.83. The van der Waals surface area contributed by atoms with Crippen molar-refractivity contribution in [2.45, 2.75) is 164 Å². The molecule has 2 atom stereocenters. The van der Waals surface area contributed by atoms with E-state index in [-0.39, 0.29) is 44.1 Å². The summed E-state index contributed by atoms with van der Waals surface area (Å²) in [6, 6.07) is 8.94. The summed E-state index contributed by atoms with van der Waals surface area (Å²) in [7, 11) is 1.42. The van der Waals surface area contributed by atoms with Crippen LogP contribution in [0, 0.1) is 0 Å². The van der Waals surface area contributed by atoms with Crippen LogP contribution in [0.15, 0.2) is 34.1 Å². The number of thioether (sulfide) groups is 2. The van der Waals surface area contributed by atoms with E-state index in [2.05, 4.69) is 121 Å². The topological polar surface area (TPSA) is 68.3 Å². The summed E-state index contributed by atoms with van der Waals surface area (Å²) in [4.78, 5) is 13.9. The largest absolute Gasteiger partial charge is 0.507 e. The van der Waals surface area contributed by atoms with Gasteiger partial charge in [-0.2, -0.15) is 0 Å². The average molecular weight is 659 g/mol. The number of carbonyl (C=O) groups is 1. The lowest BCUT2D eigenvalue weighted by Crippen LogP contribution is -2.22. The van der Waals surface area contributed by atoms with Crippen molar-refractivity contribution in [2.75, 3.05) is 7.11 Å². The Morgan fingerprint density at radius 3 is 1.51 bits per heavy atom. The predicted octanol–water partition coefficient (Wildman–Crippen LogP) is 10.6. The van der Waals surface area contributed by atoms with E-state index in [4.69, 9.17) is 14.2 Å². The highest BCUT2D eigenvalue weighted by atomic mass is 32.2. The summed E-state index contributed by atoms with van der Waals surface area (Å²) in [6.07, 6.45) is 1.55. The third-order valence-electron chi connectivity index (χ3n) is 7.97. The number of ether oxygens (including phenoxy) is 3. The normalized spacial score (nSPS) is 17.8. The number of aromatic hydroxyl groups is 1. The van der Waals surface area contributed by atoms with E-state index >= 15 is 0 Å². The summed E-state index contributed by atoms with van der Waals surface area (Å²) >= 11 is 3.70. The number of esters is 1. The molecule has 7 heteroatoms. The second-order valence-electron chi connectivity index (χ2n) is 16.9. The molecule has 1 aliphatic rings. The average Bonchev–Trinajstić information content (AvgIpc) is 3.59. The standard InChI is InChI=1S/C38H58O5S2/c1-34(2,3)25-19-23(20-26(31(25)40)35(4,5)6)44-38(13,14)45-24-21-27(36(7,8)9)32(28(22-24)37(10,11)12)43-33-29(42-33)17-16-18-30(39)41-15/h19-22,29,33,40H,16-18H2,1-15H3. The van der Waals surface area contributed by atoms with Crippen molar-refractivity contribution in [1.82, 2.24) is 0 Å². The Bertz CT molecular complexity index is 1300. The molecule has 0 radical (unpaired) electrons. The Kier molecular flexibility index (Phi) is 11.2. The van der Waals surface area contributed by atoms with Crippen molar-refractivity contribution in [2.24, 2.45) is 0 Å². The summed E-state index contributed by atoms with van der Waals surface area (Å²) in [5, 5.41) is 11.3. The number of hydrogen-bond acceptors (Lipinski definition) is 7. The van der Waals surface area contributed by atoms with Gasteiger partial charge in [-0.15, -0.1) is 23.5 Å². The molecule has 0 aliphatic carbocycles. The molecule has 2 aromatic carbocycles. The summed E-state index contributed by atoms with van der Waals surface area (Å²) in [6.45, 7) is 30.9. The van der Waals surface area contributed by atoms with Gasteiger partial charge in [0.1, 0.15) is 17.6 Å². The highest BCUT2D eigenvalue weighted by Gasteiger charge is 2.43. The van der Waals surface area contributed by atoms with Crippen LogP contribution in [0.1, 0.15) is 138 Å². The van der Waals surface area contributed by atoms with E-state index in [1.54, 1.807) is 0 Å². The molecule has 0 amide bonds. The van der Waals surface area contributed by atoms with Crippen molar-refractivity contribution < 1.29 is 24.1 Å². The summed E-state index contributed by atoms with van der Waals surface area (Å²) in [5.41, 5.74) is 3.63. The van der Waals surface area contributed by atoms with Crippen molar-refractivity contribution in [1.29, 1.82) is 0 Å². The molecule has 0 bridgehead atoms. The zero-order chi connectivity index (χ0) is 34.3. The molecule has 2 aromatic rings. The fourth-order valence-electron chi connectivity index (χ4n) is 5.40. The number of phenolic OH excluding ortho intramolecular Hbond substituents is 1. The highest BCUT2D eigenvalue weighted by Crippen LogP contribution is 2.51. The molecule has 0 aromatic heterocycles. The maximum Gasteiger partial charge on any atom is 0.305 e. The maximum atomic E-state index is 11.5. The first-order chi connectivity index (χ1) is 20.3. The van der Waals surface area contributed by atoms with Gasteiger partial charge in [-0.05, 0) is 72.6 Å². The van der Waals surface area contributed by atoms with Crippen molar-refractivity contribution in [3.05, 3.63) is 46.5 Å². The van der Waals surface area contributed by atoms with Crippen molar-refractivity contribution >= 4 is 29.5 Å². The molecule has 1 saturated heterocycles. The van der Waals surface area contributed by atoms with Crippen molar-refractivity contribution in [3.63, 3.8) is 0 Å². The molecule has 45 heavy (non-hydrogen) atoms. The molecule has 3 rings (SSSR count). The molecule has 1 aliphatic heterocycles. The molecule has 5 nitrogen and oxygen atoms in total. The van der Waals surface area contributed by atoms with E-state index in [9.17, 15) is 9.90 Å². The zero-order valence-corrected chi connectivity index (χ0v) is 32.1. The minimum absolute atomic E-state index is 0.0130. The molecule has 252 valence electrons. The molecule has 2 unspecified atom stereocenters. The SMILES string of the molecule is COC(=O)CCCC1OC1Oc1c(C(C)(C)C)cc(SC(C)(C)Sc2cc(C(C)(C)C)c(O)c(C(C)(C)C)c2)cc1C(C)(C)C. The lowest BCUT2D eigenvalue weighted by atomic mass is 9.79. The Morgan fingerprint density at radius 2 is 1.13 bits per heavy atom. The monoisotopic (exact) mass is 658 g/mol. The second kappa shape index (κ2) is 13.4. The molecule has 1 N–H and O–H groups in total. The van der Waals surface area contributed by atoms with Crippen LogP contribution in [0.3, 0.4) is 0 Å². The van der Waals surface area contributed by atoms with Crippen LogP contribution in [0.2, 0.25) is 0 Å². The molecule has 1 fully saturated rings. The predicted molar refractivity (Wildman–Crippen MR) is 190 cm³/mol. The second-order valence-corrected chi connectivity index (χ2v) is 20.6. The van der Waals surface area contributed by atoms with Gasteiger partial charge in [-0.3, -0.25) is 4.79 Å². The van der Waals surface area contributed by atoms with Gasteiger partial charge in [-0.25, -0.2) is 0 Å². The van der Waals surface area contributed by atoms with Crippen LogP contribution < -0.4 is 4.74 Å². The van der Waals surface area contributed by atoms with Crippen LogP contribution in [0.4, 0.5) is 0 Å². The molecular weight excluding hydrogens is 601 g/mol. The highest BCUT2D eigenvalue weighted by molar-refractivity contribution is 8.18. The Labute approximate surface area is 282 Å². The van der Waals surface area contributed by atoms with Crippen LogP contribution in [0.5, 0.6) is 11.5 Å². The number of carbonyl (C=O) groups excluding carboxylic acids is 1. The fourth-order valence-corrected chi connectivity index (χ4v) is 7.99. The minimum Gasteiger partial charge on any atom is -0.507 e. The molecular formula is C38H58O5S2. The quantitative estimate of drug-likeness (QED) is 0.118. The number of hydrogen-bond donors (Lipinski definition) is 1. The maximum absolute atomic E-state index is 11.5. The first kappa shape index (κ1) is 37.6. The number of methoxy groups -OCH3 is 1. The van der Waals surface area contributed by atoms with E-state index in [1.165, 1.54) is 12.0 Å². The van der Waals surface area contributed by atoms with Crippen LogP contribution in [0.25, 0.3) is 0 Å². The van der Waals surface area contributed by atoms with E-state index in [1.807, 2.05) is 23.5 Å². The van der Waals surface area contributed by atoms with Gasteiger partial charge < -0.3 is 19.3 Å². The van der Waals surface area contributed by atoms with Gasteiger partial charge in [0.15, 0.2) is 0 Å². The third kappa shape index (κ3) is 10.1. The fraction of sp³-hybridized carbons (Fsp3) is 0.658. The number of epoxide rings is 1. The Balaban J connectivity index is 1.96. The van der Waals surface area contributed by atoms with Gasteiger partial charge in [0.25, 0.3) is 0 Å². The van der Waals surface area contributed by atoms with Gasteiger partial charge in [0.05, 0.1) is 11.2 Å². The minimum atomic E-state index is -0.307. The molecule has 0 spiro atoms.